The van der Waals surface area contributed by atoms with Crippen LogP contribution in [-0.4, -0.2) is 6.54 Å². The van der Waals surface area contributed by atoms with Crippen LogP contribution in [0.4, 0.5) is 0 Å². The van der Waals surface area contributed by atoms with E-state index in [9.17, 15) is 0 Å². The van der Waals surface area contributed by atoms with E-state index >= 15 is 0 Å². The van der Waals surface area contributed by atoms with Crippen LogP contribution in [-0.2, 0) is 0 Å². The first kappa shape index (κ1) is 9.75. The molecule has 2 rings (SSSR count). The molecule has 0 saturated heterocycles. The summed E-state index contributed by atoms with van der Waals surface area (Å²) in [5, 5.41) is 0.805. The summed E-state index contributed by atoms with van der Waals surface area (Å²) in [6.07, 6.45) is 4.71. The minimum atomic E-state index is 0.649. The number of hydrogen-bond donors (Lipinski definition) is 1. The lowest BCUT2D eigenvalue weighted by Crippen LogP contribution is -2.04. The zero-order valence-corrected chi connectivity index (χ0v) is 8.80. The third kappa shape index (κ3) is 2.17. The summed E-state index contributed by atoms with van der Waals surface area (Å²) in [5.41, 5.74) is 8.12. The van der Waals surface area contributed by atoms with E-state index < -0.39 is 0 Å². The predicted molar refractivity (Wildman–Crippen MR) is 61.2 cm³/mol. The topological polar surface area (TPSA) is 26.0 Å². The Balaban J connectivity index is 2.26. The van der Waals surface area contributed by atoms with E-state index in [2.05, 4.69) is 6.08 Å². The first-order valence-corrected chi connectivity index (χ1v) is 5.34. The van der Waals surface area contributed by atoms with E-state index in [1.54, 1.807) is 0 Å². The lowest BCUT2D eigenvalue weighted by atomic mass is 10.1. The van der Waals surface area contributed by atoms with Crippen LogP contribution >= 0.6 is 11.6 Å². The third-order valence-corrected chi connectivity index (χ3v) is 2.93. The van der Waals surface area contributed by atoms with Gasteiger partial charge in [-0.3, -0.25) is 0 Å². The summed E-state index contributed by atoms with van der Waals surface area (Å²) in [4.78, 5) is 0. The number of hydrogen-bond acceptors (Lipinski definition) is 1. The van der Waals surface area contributed by atoms with Crippen molar-refractivity contribution in [1.29, 1.82) is 0 Å². The van der Waals surface area contributed by atoms with Crippen LogP contribution in [0.3, 0.4) is 0 Å². The van der Waals surface area contributed by atoms with Crippen LogP contribution < -0.4 is 5.73 Å². The van der Waals surface area contributed by atoms with E-state index in [0.717, 1.165) is 16.5 Å². The molecule has 1 aromatic carbocycles. The van der Waals surface area contributed by atoms with Gasteiger partial charge in [-0.1, -0.05) is 41.4 Å². The Morgan fingerprint density at radius 1 is 1.43 bits per heavy atom. The van der Waals surface area contributed by atoms with Crippen LogP contribution in [0.5, 0.6) is 0 Å². The van der Waals surface area contributed by atoms with Crippen molar-refractivity contribution >= 4 is 17.7 Å². The van der Waals surface area contributed by atoms with Crippen molar-refractivity contribution in [2.45, 2.75) is 12.8 Å². The van der Waals surface area contributed by atoms with Crippen molar-refractivity contribution in [3.05, 3.63) is 40.4 Å². The second-order valence-electron chi connectivity index (χ2n) is 3.72. The third-order valence-electron chi connectivity index (χ3n) is 2.58. The summed E-state index contributed by atoms with van der Waals surface area (Å²) in [6.45, 7) is 0.649. The van der Waals surface area contributed by atoms with E-state index in [-0.39, 0.29) is 0 Å². The molecule has 1 aliphatic carbocycles. The Bertz CT molecular complexity index is 353. The monoisotopic (exact) mass is 207 g/mol. The Morgan fingerprint density at radius 3 is 2.71 bits per heavy atom. The molecule has 0 radical (unpaired) electrons. The smallest absolute Gasteiger partial charge is 0.0478 e. The van der Waals surface area contributed by atoms with Crippen LogP contribution in [0.25, 0.3) is 6.08 Å². The molecule has 14 heavy (non-hydrogen) atoms. The van der Waals surface area contributed by atoms with Crippen LogP contribution in [0, 0.1) is 5.92 Å². The Morgan fingerprint density at radius 2 is 2.14 bits per heavy atom. The fraction of sp³-hybridized carbons (Fsp3) is 0.333. The average Bonchev–Trinajstić information content (AvgIpc) is 3.00. The van der Waals surface area contributed by atoms with Gasteiger partial charge in [-0.25, -0.2) is 0 Å². The van der Waals surface area contributed by atoms with E-state index in [1.165, 1.54) is 18.4 Å². The van der Waals surface area contributed by atoms with Gasteiger partial charge in [0.2, 0.25) is 0 Å². The number of nitrogens with two attached hydrogens (primary N) is 1. The minimum absolute atomic E-state index is 0.649. The lowest BCUT2D eigenvalue weighted by Gasteiger charge is -2.03. The highest BCUT2D eigenvalue weighted by Gasteiger charge is 2.24. The highest BCUT2D eigenvalue weighted by Crippen LogP contribution is 2.37. The van der Waals surface area contributed by atoms with Crippen LogP contribution in [0.1, 0.15) is 18.4 Å². The maximum absolute atomic E-state index is 6.06. The zero-order chi connectivity index (χ0) is 9.97. The normalized spacial score (nSPS) is 17.1. The van der Waals surface area contributed by atoms with Gasteiger partial charge in [0, 0.05) is 11.6 Å². The molecule has 2 heteroatoms. The number of halogens is 1. The van der Waals surface area contributed by atoms with Crippen LogP contribution in [0.15, 0.2) is 29.8 Å². The molecule has 74 valence electrons. The van der Waals surface area contributed by atoms with Gasteiger partial charge in [0.1, 0.15) is 0 Å². The fourth-order valence-corrected chi connectivity index (χ4v) is 1.78. The molecule has 0 amide bonds. The van der Waals surface area contributed by atoms with Gasteiger partial charge < -0.3 is 5.73 Å². The molecule has 1 saturated carbocycles. The van der Waals surface area contributed by atoms with E-state index in [0.29, 0.717) is 6.54 Å². The first-order valence-electron chi connectivity index (χ1n) is 4.96. The molecule has 0 aromatic heterocycles. The average molecular weight is 208 g/mol. The summed E-state index contributed by atoms with van der Waals surface area (Å²) in [5.74, 6) is 0.719. The molecule has 0 spiro atoms. The van der Waals surface area contributed by atoms with Crippen molar-refractivity contribution in [3.63, 3.8) is 0 Å². The van der Waals surface area contributed by atoms with Gasteiger partial charge in [-0.15, -0.1) is 0 Å². The molecule has 0 heterocycles. The second kappa shape index (κ2) is 4.16. The molecule has 0 atom stereocenters. The molecular weight excluding hydrogens is 194 g/mol. The summed E-state index contributed by atoms with van der Waals surface area (Å²) in [6, 6.07) is 7.88. The largest absolute Gasteiger partial charge is 0.327 e. The summed E-state index contributed by atoms with van der Waals surface area (Å²) >= 11 is 6.06. The van der Waals surface area contributed by atoms with Crippen molar-refractivity contribution < 1.29 is 0 Å². The Kier molecular flexibility index (Phi) is 2.90. The van der Waals surface area contributed by atoms with Crippen molar-refractivity contribution in [3.8, 4) is 0 Å². The number of rotatable bonds is 3. The molecule has 1 aromatic rings. The number of benzene rings is 1. The molecule has 2 N–H and O–H groups in total. The van der Waals surface area contributed by atoms with Crippen LogP contribution in [0.2, 0.25) is 5.02 Å². The minimum Gasteiger partial charge on any atom is -0.327 e. The molecule has 0 bridgehead atoms. The Hall–Kier alpha value is -0.790. The summed E-state index contributed by atoms with van der Waals surface area (Å²) in [7, 11) is 0. The maximum atomic E-state index is 6.06. The van der Waals surface area contributed by atoms with Crippen molar-refractivity contribution in [2.75, 3.05) is 6.54 Å². The predicted octanol–water partition coefficient (Wildman–Crippen LogP) is 3.09. The van der Waals surface area contributed by atoms with Crippen molar-refractivity contribution in [1.82, 2.24) is 0 Å². The van der Waals surface area contributed by atoms with E-state index in [1.807, 2.05) is 24.3 Å². The molecule has 0 aliphatic heterocycles. The first-order chi connectivity index (χ1) is 6.81. The van der Waals surface area contributed by atoms with Gasteiger partial charge in [0.05, 0.1) is 0 Å². The summed E-state index contributed by atoms with van der Waals surface area (Å²) < 4.78 is 0. The van der Waals surface area contributed by atoms with Gasteiger partial charge in [0.15, 0.2) is 0 Å². The van der Waals surface area contributed by atoms with E-state index in [4.69, 9.17) is 17.3 Å². The lowest BCUT2D eigenvalue weighted by molar-refractivity contribution is 0.950. The molecule has 1 aliphatic rings. The molecular formula is C12H14ClN. The van der Waals surface area contributed by atoms with Crippen molar-refractivity contribution in [2.24, 2.45) is 11.7 Å². The molecule has 1 fully saturated rings. The maximum Gasteiger partial charge on any atom is 0.0478 e. The second-order valence-corrected chi connectivity index (χ2v) is 4.13. The zero-order valence-electron chi connectivity index (χ0n) is 8.04. The fourth-order valence-electron chi connectivity index (χ4n) is 1.59. The molecule has 0 unspecified atom stereocenters. The van der Waals surface area contributed by atoms with Gasteiger partial charge >= 0.3 is 0 Å². The van der Waals surface area contributed by atoms with Gasteiger partial charge in [-0.2, -0.15) is 0 Å². The SMILES string of the molecule is NC/C(=C\c1ccccc1Cl)C1CC1. The highest BCUT2D eigenvalue weighted by atomic mass is 35.5. The van der Waals surface area contributed by atoms with Gasteiger partial charge in [0.25, 0.3) is 0 Å². The van der Waals surface area contributed by atoms with Gasteiger partial charge in [-0.05, 0) is 30.4 Å². The quantitative estimate of drug-likeness (QED) is 0.810. The molecule has 1 nitrogen and oxygen atoms in total. The standard InChI is InChI=1S/C12H14ClN/c13-12-4-2-1-3-10(12)7-11(8-14)9-5-6-9/h1-4,7,9H,5-6,8,14H2/b11-7+. The Labute approximate surface area is 89.6 Å². The highest BCUT2D eigenvalue weighted by molar-refractivity contribution is 6.32.